The quantitative estimate of drug-likeness (QED) is 0.521. The van der Waals surface area contributed by atoms with Crippen molar-refractivity contribution in [3.63, 3.8) is 0 Å². The number of rotatable bonds is 0. The molecule has 1 heteroatoms. The minimum atomic E-state index is 0.535. The highest BCUT2D eigenvalue weighted by Crippen LogP contribution is 2.36. The molecular formula is C10H16O. The van der Waals surface area contributed by atoms with Crippen LogP contribution in [0.3, 0.4) is 0 Å². The first-order valence-corrected chi connectivity index (χ1v) is 4.86. The second kappa shape index (κ2) is 2.96. The van der Waals surface area contributed by atoms with Crippen molar-refractivity contribution in [1.29, 1.82) is 0 Å². The molecule has 2 unspecified atom stereocenters. The summed E-state index contributed by atoms with van der Waals surface area (Å²) < 4.78 is 0. The Balaban J connectivity index is 2.04. The first-order chi connectivity index (χ1) is 5.34. The lowest BCUT2D eigenvalue weighted by Gasteiger charge is -2.24. The fourth-order valence-electron chi connectivity index (χ4n) is 2.67. The molecule has 2 saturated carbocycles. The van der Waals surface area contributed by atoms with Gasteiger partial charge in [0.15, 0.2) is 0 Å². The summed E-state index contributed by atoms with van der Waals surface area (Å²) in [5, 5.41) is 0. The Bertz CT molecular complexity index is 146. The van der Waals surface area contributed by atoms with E-state index >= 15 is 0 Å². The van der Waals surface area contributed by atoms with E-state index in [0.29, 0.717) is 5.78 Å². The van der Waals surface area contributed by atoms with Gasteiger partial charge in [0, 0.05) is 12.8 Å². The Kier molecular flexibility index (Phi) is 1.97. The van der Waals surface area contributed by atoms with Crippen LogP contribution in [0.4, 0.5) is 0 Å². The number of ketones is 1. The Morgan fingerprint density at radius 2 is 1.55 bits per heavy atom. The Morgan fingerprint density at radius 1 is 1.00 bits per heavy atom. The van der Waals surface area contributed by atoms with Crippen LogP contribution in [-0.4, -0.2) is 5.78 Å². The molecule has 0 radical (unpaired) electrons. The van der Waals surface area contributed by atoms with Gasteiger partial charge in [0.1, 0.15) is 5.78 Å². The van der Waals surface area contributed by atoms with Gasteiger partial charge in [-0.25, -0.2) is 0 Å². The van der Waals surface area contributed by atoms with Gasteiger partial charge in [-0.05, 0) is 18.3 Å². The molecule has 11 heavy (non-hydrogen) atoms. The van der Waals surface area contributed by atoms with Gasteiger partial charge in [0.25, 0.3) is 0 Å². The highest BCUT2D eigenvalue weighted by atomic mass is 16.1. The van der Waals surface area contributed by atoms with E-state index in [9.17, 15) is 4.79 Å². The van der Waals surface area contributed by atoms with Crippen molar-refractivity contribution >= 4 is 5.78 Å². The fraction of sp³-hybridized carbons (Fsp3) is 0.900. The maximum absolute atomic E-state index is 11.2. The van der Waals surface area contributed by atoms with Gasteiger partial charge < -0.3 is 0 Å². The molecule has 2 atom stereocenters. The minimum Gasteiger partial charge on any atom is -0.300 e. The summed E-state index contributed by atoms with van der Waals surface area (Å²) in [5.41, 5.74) is 0. The highest BCUT2D eigenvalue weighted by molar-refractivity contribution is 5.79. The summed E-state index contributed by atoms with van der Waals surface area (Å²) in [7, 11) is 0. The summed E-state index contributed by atoms with van der Waals surface area (Å²) >= 11 is 0. The SMILES string of the molecule is O=C1CC2CCCCC(C1)C2. The number of fused-ring (bicyclic) bond motifs is 2. The van der Waals surface area contributed by atoms with Crippen molar-refractivity contribution in [3.8, 4) is 0 Å². The second-order valence-corrected chi connectivity index (χ2v) is 4.20. The van der Waals surface area contributed by atoms with Crippen LogP contribution < -0.4 is 0 Å². The van der Waals surface area contributed by atoms with Crippen molar-refractivity contribution in [2.75, 3.05) is 0 Å². The molecule has 0 amide bonds. The summed E-state index contributed by atoms with van der Waals surface area (Å²) in [4.78, 5) is 11.2. The predicted molar refractivity (Wildman–Crippen MR) is 44.3 cm³/mol. The van der Waals surface area contributed by atoms with Gasteiger partial charge in [0.05, 0.1) is 0 Å². The molecule has 0 spiro atoms. The van der Waals surface area contributed by atoms with Crippen LogP contribution in [0.2, 0.25) is 0 Å². The van der Waals surface area contributed by atoms with Crippen molar-refractivity contribution in [1.82, 2.24) is 0 Å². The zero-order valence-corrected chi connectivity index (χ0v) is 7.01. The number of hydrogen-bond donors (Lipinski definition) is 0. The minimum absolute atomic E-state index is 0.535. The fourth-order valence-corrected chi connectivity index (χ4v) is 2.67. The molecule has 2 fully saturated rings. The third kappa shape index (κ3) is 1.63. The third-order valence-corrected chi connectivity index (χ3v) is 3.17. The van der Waals surface area contributed by atoms with E-state index < -0.39 is 0 Å². The lowest BCUT2D eigenvalue weighted by molar-refractivity contribution is -0.122. The summed E-state index contributed by atoms with van der Waals surface area (Å²) in [6.07, 6.45) is 8.53. The lowest BCUT2D eigenvalue weighted by Crippen LogP contribution is -2.20. The van der Waals surface area contributed by atoms with Crippen LogP contribution in [0.25, 0.3) is 0 Å². The largest absolute Gasteiger partial charge is 0.300 e. The zero-order valence-electron chi connectivity index (χ0n) is 7.01. The molecule has 2 aliphatic carbocycles. The first-order valence-electron chi connectivity index (χ1n) is 4.86. The van der Waals surface area contributed by atoms with E-state index in [4.69, 9.17) is 0 Å². The van der Waals surface area contributed by atoms with Gasteiger partial charge in [0.2, 0.25) is 0 Å². The summed E-state index contributed by atoms with van der Waals surface area (Å²) in [6, 6.07) is 0. The van der Waals surface area contributed by atoms with Gasteiger partial charge >= 0.3 is 0 Å². The zero-order chi connectivity index (χ0) is 7.68. The predicted octanol–water partition coefficient (Wildman–Crippen LogP) is 2.55. The van der Waals surface area contributed by atoms with Crippen LogP contribution in [0.15, 0.2) is 0 Å². The summed E-state index contributed by atoms with van der Waals surface area (Å²) in [5.74, 6) is 2.07. The van der Waals surface area contributed by atoms with Crippen LogP contribution in [-0.2, 0) is 4.79 Å². The average molecular weight is 152 g/mol. The molecular weight excluding hydrogens is 136 g/mol. The van der Waals surface area contributed by atoms with Crippen molar-refractivity contribution in [2.24, 2.45) is 11.8 Å². The number of carbonyl (C=O) groups excluding carboxylic acids is 1. The van der Waals surface area contributed by atoms with E-state index in [-0.39, 0.29) is 0 Å². The Hall–Kier alpha value is -0.330. The molecule has 0 aliphatic heterocycles. The number of carbonyl (C=O) groups is 1. The molecule has 0 N–H and O–H groups in total. The summed E-state index contributed by atoms with van der Waals surface area (Å²) in [6.45, 7) is 0. The first kappa shape index (κ1) is 7.33. The van der Waals surface area contributed by atoms with Gasteiger partial charge in [-0.15, -0.1) is 0 Å². The molecule has 0 saturated heterocycles. The van der Waals surface area contributed by atoms with E-state index in [1.165, 1.54) is 32.1 Å². The number of Topliss-reactive ketones (excluding diaryl/α,β-unsaturated/α-hetero) is 1. The van der Waals surface area contributed by atoms with Crippen LogP contribution in [0, 0.1) is 11.8 Å². The van der Waals surface area contributed by atoms with Crippen molar-refractivity contribution in [2.45, 2.75) is 44.9 Å². The number of hydrogen-bond acceptors (Lipinski definition) is 1. The monoisotopic (exact) mass is 152 g/mol. The third-order valence-electron chi connectivity index (χ3n) is 3.17. The normalized spacial score (nSPS) is 38.4. The smallest absolute Gasteiger partial charge is 0.133 e. The van der Waals surface area contributed by atoms with Crippen LogP contribution in [0.1, 0.15) is 44.9 Å². The molecule has 0 aromatic heterocycles. The Labute approximate surface area is 68.2 Å². The van der Waals surface area contributed by atoms with Gasteiger partial charge in [-0.3, -0.25) is 4.79 Å². The molecule has 2 rings (SSSR count). The molecule has 2 aliphatic rings. The molecule has 1 nitrogen and oxygen atoms in total. The van der Waals surface area contributed by atoms with Crippen molar-refractivity contribution in [3.05, 3.63) is 0 Å². The maximum atomic E-state index is 11.2. The molecule has 62 valence electrons. The molecule has 0 aromatic rings. The van der Waals surface area contributed by atoms with E-state index in [1.807, 2.05) is 0 Å². The maximum Gasteiger partial charge on any atom is 0.133 e. The highest BCUT2D eigenvalue weighted by Gasteiger charge is 2.28. The topological polar surface area (TPSA) is 17.1 Å². The van der Waals surface area contributed by atoms with E-state index in [0.717, 1.165) is 24.7 Å². The lowest BCUT2D eigenvalue weighted by atomic mass is 9.80. The Morgan fingerprint density at radius 3 is 2.09 bits per heavy atom. The second-order valence-electron chi connectivity index (χ2n) is 4.20. The average Bonchev–Trinajstić information content (AvgIpc) is 2.11. The molecule has 2 bridgehead atoms. The molecule has 0 aromatic carbocycles. The standard InChI is InChI=1S/C10H16O/c11-10-6-8-3-1-2-4-9(5-8)7-10/h8-9H,1-7H2. The van der Waals surface area contributed by atoms with Gasteiger partial charge in [-0.1, -0.05) is 25.7 Å². The molecule has 0 heterocycles. The van der Waals surface area contributed by atoms with E-state index in [1.54, 1.807) is 0 Å². The van der Waals surface area contributed by atoms with Crippen molar-refractivity contribution < 1.29 is 4.79 Å². The van der Waals surface area contributed by atoms with Gasteiger partial charge in [-0.2, -0.15) is 0 Å². The van der Waals surface area contributed by atoms with E-state index in [2.05, 4.69) is 0 Å². The van der Waals surface area contributed by atoms with Crippen LogP contribution in [0.5, 0.6) is 0 Å². The van der Waals surface area contributed by atoms with Crippen LogP contribution >= 0.6 is 0 Å².